The molecular weight excluding hydrogens is 516 g/mol. The van der Waals surface area contributed by atoms with Crippen molar-refractivity contribution in [2.45, 2.75) is 39.3 Å². The molecule has 2 atom stereocenters. The molecule has 1 amide bonds. The molecule has 0 bridgehead atoms. The van der Waals surface area contributed by atoms with Crippen molar-refractivity contribution in [2.24, 2.45) is 0 Å². The fourth-order valence-corrected chi connectivity index (χ4v) is 6.56. The molecule has 6 rings (SSSR count). The second kappa shape index (κ2) is 9.13. The number of aryl methyl sites for hydroxylation is 2. The lowest BCUT2D eigenvalue weighted by Crippen LogP contribution is -2.29. The number of aromatic hydroxyl groups is 1. The number of thiazole rings is 1. The number of amides is 1. The van der Waals surface area contributed by atoms with Crippen LogP contribution in [0.4, 0.5) is 5.13 Å². The summed E-state index contributed by atoms with van der Waals surface area (Å²) in [5.74, 6) is -1.07. The number of carbonyl (C=O) groups is 2. The van der Waals surface area contributed by atoms with Gasteiger partial charge in [-0.25, -0.2) is 4.98 Å². The van der Waals surface area contributed by atoms with Gasteiger partial charge in [0.05, 0.1) is 28.9 Å². The van der Waals surface area contributed by atoms with Gasteiger partial charge in [0.25, 0.3) is 5.78 Å². The molecule has 0 spiro atoms. The number of phenolic OH excluding ortho intramolecular Hbond substituents is 1. The van der Waals surface area contributed by atoms with Crippen LogP contribution in [-0.4, -0.2) is 40.1 Å². The third-order valence-corrected chi connectivity index (χ3v) is 8.16. The number of ketones is 1. The van der Waals surface area contributed by atoms with Crippen LogP contribution in [0.1, 0.15) is 40.8 Å². The molecular formula is C30H26N2O6S. The van der Waals surface area contributed by atoms with Crippen LogP contribution in [0.3, 0.4) is 0 Å². The molecule has 2 aliphatic rings. The van der Waals surface area contributed by atoms with Crippen molar-refractivity contribution in [1.29, 1.82) is 0 Å². The molecule has 1 fully saturated rings. The molecule has 39 heavy (non-hydrogen) atoms. The minimum atomic E-state index is -0.995. The summed E-state index contributed by atoms with van der Waals surface area (Å²) in [4.78, 5) is 33.3. The lowest BCUT2D eigenvalue weighted by atomic mass is 9.94. The van der Waals surface area contributed by atoms with Gasteiger partial charge in [-0.05, 0) is 79.4 Å². The Morgan fingerprint density at radius 3 is 2.69 bits per heavy atom. The quantitative estimate of drug-likeness (QED) is 0.197. The maximum atomic E-state index is 13.6. The number of anilines is 1. The van der Waals surface area contributed by atoms with Crippen molar-refractivity contribution in [2.75, 3.05) is 12.0 Å². The molecule has 0 saturated carbocycles. The number of Topliss-reactive ketones (excluding diaryl/α,β-unsaturated/α-hetero) is 1. The smallest absolute Gasteiger partial charge is 0.301 e. The average molecular weight is 543 g/mol. The number of aliphatic hydroxyl groups is 1. The van der Waals surface area contributed by atoms with E-state index in [1.807, 2.05) is 32.9 Å². The highest BCUT2D eigenvalue weighted by atomic mass is 32.1. The first kappa shape index (κ1) is 24.9. The topological polar surface area (TPSA) is 109 Å². The largest absolute Gasteiger partial charge is 0.507 e. The molecule has 1 saturated heterocycles. The number of fused-ring (bicyclic) bond motifs is 2. The number of aliphatic hydroxyl groups excluding tert-OH is 1. The molecule has 0 unspecified atom stereocenters. The van der Waals surface area contributed by atoms with Crippen molar-refractivity contribution in [3.63, 3.8) is 0 Å². The Kier molecular flexibility index (Phi) is 5.84. The lowest BCUT2D eigenvalue weighted by molar-refractivity contribution is -0.132. The summed E-state index contributed by atoms with van der Waals surface area (Å²) in [5.41, 5.74) is 4.52. The van der Waals surface area contributed by atoms with Gasteiger partial charge in [0, 0.05) is 12.0 Å². The van der Waals surface area contributed by atoms with Crippen LogP contribution in [0.25, 0.3) is 16.0 Å². The van der Waals surface area contributed by atoms with Crippen molar-refractivity contribution >= 4 is 44.1 Å². The Hall–Kier alpha value is -4.37. The van der Waals surface area contributed by atoms with Crippen LogP contribution in [0.5, 0.6) is 17.2 Å². The molecule has 2 aliphatic heterocycles. The molecule has 3 heterocycles. The third-order valence-electron chi connectivity index (χ3n) is 7.16. The van der Waals surface area contributed by atoms with Gasteiger partial charge in [-0.1, -0.05) is 23.5 Å². The first-order valence-electron chi connectivity index (χ1n) is 12.5. The van der Waals surface area contributed by atoms with Crippen molar-refractivity contribution < 1.29 is 29.3 Å². The SMILES string of the molecule is COc1cc([C@@H]2/C(=C(\O)c3ccc4c(c3)C[C@H](C)O4)C(=O)C(=O)N2c2nc3c(C)cc(C)cc3s2)ccc1O. The summed E-state index contributed by atoms with van der Waals surface area (Å²) < 4.78 is 12.0. The Morgan fingerprint density at radius 1 is 1.13 bits per heavy atom. The number of benzene rings is 3. The zero-order chi connectivity index (χ0) is 27.6. The first-order chi connectivity index (χ1) is 18.7. The summed E-state index contributed by atoms with van der Waals surface area (Å²) in [6.45, 7) is 5.90. The Labute approximate surface area is 228 Å². The van der Waals surface area contributed by atoms with Gasteiger partial charge in [0.1, 0.15) is 17.6 Å². The molecule has 0 radical (unpaired) electrons. The van der Waals surface area contributed by atoms with Gasteiger partial charge < -0.3 is 19.7 Å². The van der Waals surface area contributed by atoms with E-state index in [1.54, 1.807) is 30.3 Å². The summed E-state index contributed by atoms with van der Waals surface area (Å²) in [5, 5.41) is 22.1. The van der Waals surface area contributed by atoms with Crippen molar-refractivity contribution in [1.82, 2.24) is 4.98 Å². The number of ether oxygens (including phenoxy) is 2. The average Bonchev–Trinajstić information content (AvgIpc) is 3.56. The summed E-state index contributed by atoms with van der Waals surface area (Å²) >= 11 is 1.31. The van der Waals surface area contributed by atoms with Crippen LogP contribution in [-0.2, 0) is 16.0 Å². The van der Waals surface area contributed by atoms with Crippen LogP contribution < -0.4 is 14.4 Å². The summed E-state index contributed by atoms with van der Waals surface area (Å²) in [6, 6.07) is 12.9. The molecule has 198 valence electrons. The van der Waals surface area contributed by atoms with Crippen LogP contribution >= 0.6 is 11.3 Å². The molecule has 9 heteroatoms. The molecule has 8 nitrogen and oxygen atoms in total. The highest BCUT2D eigenvalue weighted by Gasteiger charge is 2.48. The van der Waals surface area contributed by atoms with E-state index in [1.165, 1.54) is 29.4 Å². The Morgan fingerprint density at radius 2 is 1.92 bits per heavy atom. The summed E-state index contributed by atoms with van der Waals surface area (Å²) in [7, 11) is 1.42. The minimum absolute atomic E-state index is 0.0126. The van der Waals surface area contributed by atoms with Crippen LogP contribution in [0.2, 0.25) is 0 Å². The van der Waals surface area contributed by atoms with Crippen molar-refractivity contribution in [3.05, 3.63) is 81.9 Å². The van der Waals surface area contributed by atoms with Gasteiger partial charge in [-0.2, -0.15) is 0 Å². The van der Waals surface area contributed by atoms with E-state index in [0.29, 0.717) is 22.7 Å². The fraction of sp³-hybridized carbons (Fsp3) is 0.233. The van der Waals surface area contributed by atoms with Gasteiger partial charge in [-0.15, -0.1) is 0 Å². The van der Waals surface area contributed by atoms with E-state index in [4.69, 9.17) is 14.5 Å². The minimum Gasteiger partial charge on any atom is -0.507 e. The lowest BCUT2D eigenvalue weighted by Gasteiger charge is -2.23. The normalized spacial score (nSPS) is 19.9. The van der Waals surface area contributed by atoms with Crippen LogP contribution in [0, 0.1) is 13.8 Å². The van der Waals surface area contributed by atoms with Crippen molar-refractivity contribution in [3.8, 4) is 17.2 Å². The predicted molar refractivity (Wildman–Crippen MR) is 149 cm³/mol. The van der Waals surface area contributed by atoms with E-state index in [0.717, 1.165) is 32.7 Å². The second-order valence-corrected chi connectivity index (χ2v) is 11.0. The Bertz CT molecular complexity index is 1720. The maximum Gasteiger partial charge on any atom is 0.301 e. The number of phenols is 1. The zero-order valence-corrected chi connectivity index (χ0v) is 22.6. The molecule has 2 N–H and O–H groups in total. The summed E-state index contributed by atoms with van der Waals surface area (Å²) in [6.07, 6.45) is 0.687. The number of methoxy groups -OCH3 is 1. The standard InChI is InChI=1S/C30H26N2O6S/c1-14-9-15(2)25-23(10-14)39-30(31-25)32-26(17-5-7-20(33)22(13-17)37-4)24(28(35)29(32)36)27(34)18-6-8-21-19(12-18)11-16(3)38-21/h5-10,12-13,16,26,33-34H,11H2,1-4H3/b27-24+/t16-,26+/m0/s1. The predicted octanol–water partition coefficient (Wildman–Crippen LogP) is 5.58. The maximum absolute atomic E-state index is 13.6. The van der Waals surface area contributed by atoms with E-state index in [2.05, 4.69) is 0 Å². The first-order valence-corrected chi connectivity index (χ1v) is 13.3. The van der Waals surface area contributed by atoms with E-state index in [-0.39, 0.29) is 28.9 Å². The van der Waals surface area contributed by atoms with E-state index in [9.17, 15) is 19.8 Å². The number of nitrogens with zero attached hydrogens (tertiary/aromatic N) is 2. The Balaban J connectivity index is 1.56. The van der Waals surface area contributed by atoms with Gasteiger partial charge in [-0.3, -0.25) is 14.5 Å². The molecule has 1 aromatic heterocycles. The molecule has 3 aromatic carbocycles. The van der Waals surface area contributed by atoms with E-state index >= 15 is 0 Å². The van der Waals surface area contributed by atoms with Gasteiger partial charge in [0.15, 0.2) is 16.6 Å². The number of hydrogen-bond acceptors (Lipinski definition) is 8. The van der Waals surface area contributed by atoms with Crippen LogP contribution in [0.15, 0.2) is 54.1 Å². The van der Waals surface area contributed by atoms with Gasteiger partial charge >= 0.3 is 5.91 Å². The number of hydrogen-bond donors (Lipinski definition) is 2. The fourth-order valence-electron chi connectivity index (χ4n) is 5.40. The zero-order valence-electron chi connectivity index (χ0n) is 21.8. The third kappa shape index (κ3) is 4.01. The highest BCUT2D eigenvalue weighted by Crippen LogP contribution is 2.46. The molecule has 0 aliphatic carbocycles. The monoisotopic (exact) mass is 542 g/mol. The number of rotatable bonds is 4. The number of aromatic nitrogens is 1. The van der Waals surface area contributed by atoms with E-state index < -0.39 is 17.7 Å². The second-order valence-electron chi connectivity index (χ2n) is 9.98. The van der Waals surface area contributed by atoms with Gasteiger partial charge in [0.2, 0.25) is 0 Å². The molecule has 4 aromatic rings. The number of carbonyl (C=O) groups excluding carboxylic acids is 2. The highest BCUT2D eigenvalue weighted by molar-refractivity contribution is 7.22.